The Morgan fingerprint density at radius 2 is 1.72 bits per heavy atom. The molecule has 5 N–H and O–H groups in total. The van der Waals surface area contributed by atoms with Gasteiger partial charge < -0.3 is 25.2 Å². The van der Waals surface area contributed by atoms with Crippen LogP contribution >= 0.6 is 0 Å². The molecular weight excluding hydrogens is 238 g/mol. The van der Waals surface area contributed by atoms with Gasteiger partial charge in [0.1, 0.15) is 30.6 Å². The molecule has 0 aromatic heterocycles. The molecule has 0 aromatic carbocycles. The molecule has 0 amide bonds. The Morgan fingerprint density at radius 3 is 2.33 bits per heavy atom. The number of hydrogen-bond acceptors (Lipinski definition) is 6. The van der Waals surface area contributed by atoms with Crippen molar-refractivity contribution in [2.75, 3.05) is 13.2 Å². The third kappa shape index (κ3) is 4.15. The number of nitrogens with one attached hydrogen (secondary N) is 1. The summed E-state index contributed by atoms with van der Waals surface area (Å²) in [7, 11) is 0. The third-order valence-electron chi connectivity index (χ3n) is 3.27. The summed E-state index contributed by atoms with van der Waals surface area (Å²) >= 11 is 0. The van der Waals surface area contributed by atoms with Crippen LogP contribution in [-0.4, -0.2) is 64.2 Å². The van der Waals surface area contributed by atoms with Crippen LogP contribution in [0.5, 0.6) is 0 Å². The molecule has 0 radical (unpaired) electrons. The normalized spacial score (nSPS) is 36.8. The van der Waals surface area contributed by atoms with E-state index < -0.39 is 30.6 Å². The van der Waals surface area contributed by atoms with Crippen molar-refractivity contribution in [3.63, 3.8) is 0 Å². The lowest BCUT2D eigenvalue weighted by molar-refractivity contribution is -0.236. The highest BCUT2D eigenvalue weighted by molar-refractivity contribution is 4.90. The molecule has 6 nitrogen and oxygen atoms in total. The Labute approximate surface area is 108 Å². The maximum absolute atomic E-state index is 9.74. The minimum Gasteiger partial charge on any atom is -0.394 e. The van der Waals surface area contributed by atoms with E-state index in [1.165, 1.54) is 0 Å². The van der Waals surface area contributed by atoms with E-state index in [-0.39, 0.29) is 6.61 Å². The first-order valence-electron chi connectivity index (χ1n) is 6.65. The topological polar surface area (TPSA) is 102 Å². The first-order valence-corrected chi connectivity index (χ1v) is 6.65. The number of hydrogen-bond donors (Lipinski definition) is 5. The van der Waals surface area contributed by atoms with Crippen LogP contribution in [0, 0.1) is 0 Å². The molecule has 1 aliphatic heterocycles. The monoisotopic (exact) mass is 263 g/mol. The fourth-order valence-corrected chi connectivity index (χ4v) is 2.07. The van der Waals surface area contributed by atoms with Gasteiger partial charge in [-0.3, -0.25) is 5.32 Å². The van der Waals surface area contributed by atoms with Crippen molar-refractivity contribution in [2.45, 2.75) is 63.3 Å². The Bertz CT molecular complexity index is 227. The fraction of sp³-hybridized carbons (Fsp3) is 1.00. The predicted molar refractivity (Wildman–Crippen MR) is 65.9 cm³/mol. The SMILES string of the molecule is CCCCCCN[C@@H]1O[C@H](CO)[C@H](O)[C@H](O)[C@H]1O. The van der Waals surface area contributed by atoms with Crippen LogP contribution < -0.4 is 5.32 Å². The quantitative estimate of drug-likeness (QED) is 0.376. The molecule has 0 aliphatic carbocycles. The van der Waals surface area contributed by atoms with Gasteiger partial charge in [-0.2, -0.15) is 0 Å². The lowest BCUT2D eigenvalue weighted by atomic mass is 9.98. The standard InChI is InChI=1S/C12H25NO5/c1-2-3-4-5-6-13-12-11(17)10(16)9(15)8(7-14)18-12/h8-17H,2-7H2,1H3/t8-,9+,10+,11-,12-/m1/s1. The van der Waals surface area contributed by atoms with Gasteiger partial charge >= 0.3 is 0 Å². The molecule has 1 heterocycles. The van der Waals surface area contributed by atoms with E-state index in [1.807, 2.05) is 0 Å². The number of unbranched alkanes of at least 4 members (excludes halogenated alkanes) is 3. The summed E-state index contributed by atoms with van der Waals surface area (Å²) in [4.78, 5) is 0. The Kier molecular flexibility index (Phi) is 7.06. The van der Waals surface area contributed by atoms with E-state index in [4.69, 9.17) is 9.84 Å². The molecule has 0 spiro atoms. The van der Waals surface area contributed by atoms with Crippen LogP contribution in [-0.2, 0) is 4.74 Å². The summed E-state index contributed by atoms with van der Waals surface area (Å²) in [6.07, 6.45) is -0.986. The minimum absolute atomic E-state index is 0.390. The van der Waals surface area contributed by atoms with Crippen molar-refractivity contribution in [3.8, 4) is 0 Å². The minimum atomic E-state index is -1.30. The van der Waals surface area contributed by atoms with Gasteiger partial charge in [-0.1, -0.05) is 26.2 Å². The number of ether oxygens (including phenoxy) is 1. The van der Waals surface area contributed by atoms with E-state index in [0.717, 1.165) is 25.7 Å². The zero-order chi connectivity index (χ0) is 13.5. The average molecular weight is 263 g/mol. The highest BCUT2D eigenvalue weighted by Gasteiger charge is 2.42. The lowest BCUT2D eigenvalue weighted by Crippen LogP contribution is -2.62. The number of aliphatic hydroxyl groups excluding tert-OH is 4. The summed E-state index contributed by atoms with van der Waals surface area (Å²) < 4.78 is 5.32. The second-order valence-electron chi connectivity index (χ2n) is 4.76. The number of rotatable bonds is 7. The van der Waals surface area contributed by atoms with Crippen LogP contribution in [0.15, 0.2) is 0 Å². The van der Waals surface area contributed by atoms with Crippen LogP contribution in [0.3, 0.4) is 0 Å². The maximum atomic E-state index is 9.74. The molecule has 1 aliphatic rings. The van der Waals surface area contributed by atoms with E-state index in [0.29, 0.717) is 6.54 Å². The van der Waals surface area contributed by atoms with Gasteiger partial charge in [0.2, 0.25) is 0 Å². The second kappa shape index (κ2) is 8.04. The molecule has 0 bridgehead atoms. The van der Waals surface area contributed by atoms with Crippen molar-refractivity contribution in [1.29, 1.82) is 0 Å². The highest BCUT2D eigenvalue weighted by Crippen LogP contribution is 2.19. The first kappa shape index (κ1) is 15.8. The van der Waals surface area contributed by atoms with Crippen LogP contribution in [0.4, 0.5) is 0 Å². The first-order chi connectivity index (χ1) is 8.61. The molecule has 1 rings (SSSR count). The zero-order valence-corrected chi connectivity index (χ0v) is 10.8. The van der Waals surface area contributed by atoms with Gasteiger partial charge in [0.05, 0.1) is 6.61 Å². The van der Waals surface area contributed by atoms with Crippen LogP contribution in [0.1, 0.15) is 32.6 Å². The van der Waals surface area contributed by atoms with Crippen LogP contribution in [0.2, 0.25) is 0 Å². The lowest BCUT2D eigenvalue weighted by Gasteiger charge is -2.40. The van der Waals surface area contributed by atoms with Gasteiger partial charge in [-0.15, -0.1) is 0 Å². The molecular formula is C12H25NO5. The average Bonchev–Trinajstić information content (AvgIpc) is 2.38. The van der Waals surface area contributed by atoms with Crippen molar-refractivity contribution < 1.29 is 25.2 Å². The van der Waals surface area contributed by atoms with Crippen molar-refractivity contribution in [2.24, 2.45) is 0 Å². The summed E-state index contributed by atoms with van der Waals surface area (Å²) in [5, 5.41) is 40.9. The summed E-state index contributed by atoms with van der Waals surface area (Å²) in [5.41, 5.74) is 0. The molecule has 108 valence electrons. The van der Waals surface area contributed by atoms with Crippen molar-refractivity contribution in [1.82, 2.24) is 5.32 Å². The molecule has 0 unspecified atom stereocenters. The molecule has 18 heavy (non-hydrogen) atoms. The van der Waals surface area contributed by atoms with Crippen molar-refractivity contribution >= 4 is 0 Å². The van der Waals surface area contributed by atoms with Gasteiger partial charge in [-0.25, -0.2) is 0 Å². The summed E-state index contributed by atoms with van der Waals surface area (Å²) in [6.45, 7) is 2.41. The molecule has 0 aromatic rings. The smallest absolute Gasteiger partial charge is 0.137 e. The van der Waals surface area contributed by atoms with E-state index >= 15 is 0 Å². The predicted octanol–water partition coefficient (Wildman–Crippen LogP) is -1.04. The molecule has 6 heteroatoms. The Balaban J connectivity index is 2.35. The third-order valence-corrected chi connectivity index (χ3v) is 3.27. The summed E-state index contributed by atoms with van der Waals surface area (Å²) in [6, 6.07) is 0. The molecule has 5 atom stereocenters. The van der Waals surface area contributed by atoms with Gasteiger partial charge in [0.25, 0.3) is 0 Å². The van der Waals surface area contributed by atoms with E-state index in [1.54, 1.807) is 0 Å². The molecule has 0 saturated carbocycles. The van der Waals surface area contributed by atoms with Crippen molar-refractivity contribution in [3.05, 3.63) is 0 Å². The second-order valence-corrected chi connectivity index (χ2v) is 4.76. The Hall–Kier alpha value is -0.240. The van der Waals surface area contributed by atoms with E-state index in [9.17, 15) is 15.3 Å². The molecule has 1 saturated heterocycles. The van der Waals surface area contributed by atoms with Gasteiger partial charge in [0, 0.05) is 0 Å². The zero-order valence-electron chi connectivity index (χ0n) is 10.8. The number of aliphatic hydroxyl groups is 4. The Morgan fingerprint density at radius 1 is 1.00 bits per heavy atom. The highest BCUT2D eigenvalue weighted by atomic mass is 16.6. The fourth-order valence-electron chi connectivity index (χ4n) is 2.07. The largest absolute Gasteiger partial charge is 0.394 e. The van der Waals surface area contributed by atoms with Gasteiger partial charge in [-0.05, 0) is 13.0 Å². The van der Waals surface area contributed by atoms with Gasteiger partial charge in [0.15, 0.2) is 0 Å². The van der Waals surface area contributed by atoms with E-state index in [2.05, 4.69) is 12.2 Å². The summed E-state index contributed by atoms with van der Waals surface area (Å²) in [5.74, 6) is 0. The van der Waals surface area contributed by atoms with Crippen LogP contribution in [0.25, 0.3) is 0 Å². The maximum Gasteiger partial charge on any atom is 0.137 e. The molecule has 1 fully saturated rings.